The molecule has 4 unspecified atom stereocenters. The number of aryl methyl sites for hydroxylation is 1. The molecule has 39 heavy (non-hydrogen) atoms. The molecule has 4 N–H and O–H groups in total. The largest absolute Gasteiger partial charge is 0.497 e. The van der Waals surface area contributed by atoms with E-state index in [1.54, 1.807) is 64.3 Å². The van der Waals surface area contributed by atoms with Crippen LogP contribution in [0.4, 0.5) is 10.5 Å². The van der Waals surface area contributed by atoms with Crippen molar-refractivity contribution in [3.05, 3.63) is 59.7 Å². The van der Waals surface area contributed by atoms with Crippen molar-refractivity contribution in [1.82, 2.24) is 10.2 Å². The maximum absolute atomic E-state index is 14.1. The molecule has 0 aliphatic heterocycles. The van der Waals surface area contributed by atoms with Gasteiger partial charge in [-0.05, 0) is 69.9 Å². The van der Waals surface area contributed by atoms with Gasteiger partial charge in [0, 0.05) is 11.7 Å². The Morgan fingerprint density at radius 3 is 2.13 bits per heavy atom. The number of carbonyl (C=O) groups excluding carboxylic acids is 4. The molecule has 0 radical (unpaired) electrons. The van der Waals surface area contributed by atoms with Gasteiger partial charge in [-0.15, -0.1) is 0 Å². The van der Waals surface area contributed by atoms with E-state index in [2.05, 4.69) is 10.6 Å². The standard InChI is InChI=1S/C29H38N4O6/c1-17-7-9-19(10-8-17)25(26(35)31-20-11-13-21(38-6)14-12-20)33(23-15-18(23)2)27(36)22(16-24(30)34)32-28(37)39-29(3,4)5/h7-14,18,22-23,25H,15-16H2,1-6H3,(H2,30,34)(H,31,35)(H,32,37). The maximum Gasteiger partial charge on any atom is 0.408 e. The van der Waals surface area contributed by atoms with Gasteiger partial charge in [0.2, 0.25) is 11.8 Å². The quantitative estimate of drug-likeness (QED) is 0.422. The third kappa shape index (κ3) is 8.20. The van der Waals surface area contributed by atoms with E-state index in [-0.39, 0.29) is 12.0 Å². The van der Waals surface area contributed by atoms with Crippen molar-refractivity contribution in [2.45, 2.75) is 71.2 Å². The first kappa shape index (κ1) is 29.5. The highest BCUT2D eigenvalue weighted by Gasteiger charge is 2.48. The predicted octanol–water partition coefficient (Wildman–Crippen LogP) is 3.69. The van der Waals surface area contributed by atoms with Crippen molar-refractivity contribution in [3.63, 3.8) is 0 Å². The zero-order valence-electron chi connectivity index (χ0n) is 23.3. The number of anilines is 1. The van der Waals surface area contributed by atoms with Crippen molar-refractivity contribution in [1.29, 1.82) is 0 Å². The molecule has 3 rings (SSSR count). The predicted molar refractivity (Wildman–Crippen MR) is 147 cm³/mol. The van der Waals surface area contributed by atoms with E-state index in [1.165, 1.54) is 4.90 Å². The van der Waals surface area contributed by atoms with Gasteiger partial charge in [-0.25, -0.2) is 4.79 Å². The second kappa shape index (κ2) is 12.2. The molecule has 0 spiro atoms. The Morgan fingerprint density at radius 2 is 1.64 bits per heavy atom. The SMILES string of the molecule is COc1ccc(NC(=O)C(c2ccc(C)cc2)N(C(=O)C(CC(N)=O)NC(=O)OC(C)(C)C)C2CC2C)cc1. The van der Waals surface area contributed by atoms with E-state index in [4.69, 9.17) is 15.2 Å². The number of methoxy groups -OCH3 is 1. The summed E-state index contributed by atoms with van der Waals surface area (Å²) in [6, 6.07) is 11.5. The number of benzene rings is 2. The third-order valence-corrected chi connectivity index (χ3v) is 6.35. The zero-order chi connectivity index (χ0) is 28.9. The first-order valence-electron chi connectivity index (χ1n) is 12.9. The van der Waals surface area contributed by atoms with Crippen molar-refractivity contribution >= 4 is 29.5 Å². The molecule has 0 heterocycles. The number of carbonyl (C=O) groups is 4. The summed E-state index contributed by atoms with van der Waals surface area (Å²) in [4.78, 5) is 53.9. The third-order valence-electron chi connectivity index (χ3n) is 6.35. The van der Waals surface area contributed by atoms with E-state index < -0.39 is 47.9 Å². The number of hydrogen-bond donors (Lipinski definition) is 3. The number of primary amides is 1. The van der Waals surface area contributed by atoms with Gasteiger partial charge in [-0.1, -0.05) is 36.8 Å². The summed E-state index contributed by atoms with van der Waals surface area (Å²) in [5, 5.41) is 5.40. The van der Waals surface area contributed by atoms with Gasteiger partial charge in [-0.3, -0.25) is 14.4 Å². The number of nitrogens with one attached hydrogen (secondary N) is 2. The highest BCUT2D eigenvalue weighted by atomic mass is 16.6. The van der Waals surface area contributed by atoms with Crippen LogP contribution in [0.2, 0.25) is 0 Å². The number of amides is 4. The van der Waals surface area contributed by atoms with Crippen molar-refractivity contribution in [2.24, 2.45) is 11.7 Å². The fraction of sp³-hybridized carbons (Fsp3) is 0.448. The molecule has 10 nitrogen and oxygen atoms in total. The van der Waals surface area contributed by atoms with Crippen LogP contribution in [0.15, 0.2) is 48.5 Å². The van der Waals surface area contributed by atoms with Gasteiger partial charge in [0.05, 0.1) is 13.5 Å². The van der Waals surface area contributed by atoms with Crippen molar-refractivity contribution < 1.29 is 28.7 Å². The normalized spacial score (nSPS) is 17.8. The Kier molecular flexibility index (Phi) is 9.21. The number of ether oxygens (including phenoxy) is 2. The summed E-state index contributed by atoms with van der Waals surface area (Å²) >= 11 is 0. The Morgan fingerprint density at radius 1 is 1.05 bits per heavy atom. The smallest absolute Gasteiger partial charge is 0.408 e. The van der Waals surface area contributed by atoms with E-state index in [1.807, 2.05) is 26.0 Å². The fourth-order valence-electron chi connectivity index (χ4n) is 4.28. The number of alkyl carbamates (subject to hydrolysis) is 1. The number of hydrogen-bond acceptors (Lipinski definition) is 6. The van der Waals surface area contributed by atoms with Crippen LogP contribution >= 0.6 is 0 Å². The summed E-state index contributed by atoms with van der Waals surface area (Å²) in [6.45, 7) is 8.96. The average molecular weight is 539 g/mol. The second-order valence-electron chi connectivity index (χ2n) is 10.9. The lowest BCUT2D eigenvalue weighted by Gasteiger charge is -2.35. The average Bonchev–Trinajstić information content (AvgIpc) is 3.57. The van der Waals surface area contributed by atoms with Crippen LogP contribution in [0.3, 0.4) is 0 Å². The molecule has 4 atom stereocenters. The first-order chi connectivity index (χ1) is 18.3. The number of rotatable bonds is 10. The molecule has 10 heteroatoms. The van der Waals surface area contributed by atoms with Gasteiger partial charge in [0.1, 0.15) is 23.4 Å². The minimum Gasteiger partial charge on any atom is -0.497 e. The van der Waals surface area contributed by atoms with Crippen LogP contribution in [-0.2, 0) is 19.1 Å². The molecule has 1 aliphatic rings. The minimum absolute atomic E-state index is 0.117. The summed E-state index contributed by atoms with van der Waals surface area (Å²) in [6.07, 6.45) is -0.642. The lowest BCUT2D eigenvalue weighted by atomic mass is 10.00. The minimum atomic E-state index is -1.31. The van der Waals surface area contributed by atoms with Crippen LogP contribution in [0, 0.1) is 12.8 Å². The van der Waals surface area contributed by atoms with E-state index >= 15 is 0 Å². The first-order valence-corrected chi connectivity index (χ1v) is 12.9. The zero-order valence-corrected chi connectivity index (χ0v) is 23.3. The second-order valence-corrected chi connectivity index (χ2v) is 10.9. The molecule has 0 aromatic heterocycles. The van der Waals surface area contributed by atoms with E-state index in [9.17, 15) is 19.2 Å². The summed E-state index contributed by atoms with van der Waals surface area (Å²) in [5.74, 6) is -1.06. The molecule has 0 saturated heterocycles. The van der Waals surface area contributed by atoms with Crippen LogP contribution < -0.4 is 21.1 Å². The highest BCUT2D eigenvalue weighted by Crippen LogP contribution is 2.41. The molecule has 1 saturated carbocycles. The number of nitrogens with zero attached hydrogens (tertiary/aromatic N) is 1. The molecule has 1 aliphatic carbocycles. The molecule has 4 amide bonds. The highest BCUT2D eigenvalue weighted by molar-refractivity contribution is 6.00. The molecule has 0 bridgehead atoms. The van der Waals surface area contributed by atoms with Gasteiger partial charge in [-0.2, -0.15) is 0 Å². The number of nitrogens with two attached hydrogens (primary N) is 1. The van der Waals surface area contributed by atoms with Gasteiger partial charge in [0.15, 0.2) is 0 Å². The van der Waals surface area contributed by atoms with Crippen molar-refractivity contribution in [2.75, 3.05) is 12.4 Å². The summed E-state index contributed by atoms with van der Waals surface area (Å²) in [5.41, 5.74) is 6.73. The Bertz CT molecular complexity index is 1190. The fourth-order valence-corrected chi connectivity index (χ4v) is 4.28. The molecule has 210 valence electrons. The Hall–Kier alpha value is -4.08. The van der Waals surface area contributed by atoms with Crippen LogP contribution in [-0.4, -0.2) is 53.5 Å². The van der Waals surface area contributed by atoms with Crippen LogP contribution in [0.25, 0.3) is 0 Å². The lowest BCUT2D eigenvalue weighted by molar-refractivity contribution is -0.142. The molecule has 2 aromatic rings. The molecule has 1 fully saturated rings. The molecule has 2 aromatic carbocycles. The topological polar surface area (TPSA) is 140 Å². The lowest BCUT2D eigenvalue weighted by Crippen LogP contribution is -2.54. The van der Waals surface area contributed by atoms with E-state index in [0.717, 1.165) is 5.56 Å². The Labute approximate surface area is 229 Å². The van der Waals surface area contributed by atoms with Gasteiger partial charge >= 0.3 is 6.09 Å². The monoisotopic (exact) mass is 538 g/mol. The molecular weight excluding hydrogens is 500 g/mol. The van der Waals surface area contributed by atoms with Crippen LogP contribution in [0.1, 0.15) is 57.7 Å². The molecular formula is C29H38N4O6. The summed E-state index contributed by atoms with van der Waals surface area (Å²) < 4.78 is 10.5. The summed E-state index contributed by atoms with van der Waals surface area (Å²) in [7, 11) is 1.55. The van der Waals surface area contributed by atoms with E-state index in [0.29, 0.717) is 23.4 Å². The Balaban J connectivity index is 2.00. The van der Waals surface area contributed by atoms with Gasteiger partial charge in [0.25, 0.3) is 5.91 Å². The van der Waals surface area contributed by atoms with Gasteiger partial charge < -0.3 is 30.7 Å². The van der Waals surface area contributed by atoms with Crippen molar-refractivity contribution in [3.8, 4) is 5.75 Å². The van der Waals surface area contributed by atoms with Crippen LogP contribution in [0.5, 0.6) is 5.75 Å². The maximum atomic E-state index is 14.1.